The first-order valence-electron chi connectivity index (χ1n) is 6.29. The fourth-order valence-corrected chi connectivity index (χ4v) is 3.45. The molecule has 0 radical (unpaired) electrons. The highest BCUT2D eigenvalue weighted by Gasteiger charge is 2.41. The molecule has 0 heterocycles. The van der Waals surface area contributed by atoms with Crippen molar-refractivity contribution in [2.24, 2.45) is 5.41 Å². The van der Waals surface area contributed by atoms with Crippen LogP contribution in [0.1, 0.15) is 39.5 Å². The monoisotopic (exact) mass is 287 g/mol. The fraction of sp³-hybridized carbons (Fsp3) is 0.833. The third kappa shape index (κ3) is 4.48. The zero-order valence-electron chi connectivity index (χ0n) is 11.6. The average Bonchev–Trinajstić information content (AvgIpc) is 2.72. The third-order valence-corrected chi connectivity index (χ3v) is 4.18. The topological polar surface area (TPSA) is 99.1 Å². The van der Waals surface area contributed by atoms with Crippen LogP contribution in [0.3, 0.4) is 0 Å². The number of nitrogens with zero attached hydrogens (tertiary/aromatic N) is 1. The lowest BCUT2D eigenvalue weighted by Gasteiger charge is -2.27. The molecule has 7 heteroatoms. The Hall–Kier alpha value is -1.13. The molecule has 0 unspecified atom stereocenters. The first kappa shape index (κ1) is 15.9. The predicted octanol–water partition coefficient (Wildman–Crippen LogP) is 0.514. The zero-order chi connectivity index (χ0) is 14.7. The van der Waals surface area contributed by atoms with Crippen LogP contribution in [-0.2, 0) is 14.8 Å². The van der Waals surface area contributed by atoms with Gasteiger partial charge < -0.3 is 5.32 Å². The van der Waals surface area contributed by atoms with Crippen molar-refractivity contribution < 1.29 is 13.2 Å². The number of nitriles is 1. The van der Waals surface area contributed by atoms with Crippen molar-refractivity contribution in [3.05, 3.63) is 0 Å². The summed E-state index contributed by atoms with van der Waals surface area (Å²) in [5, 5.41) is 11.9. The highest BCUT2D eigenvalue weighted by molar-refractivity contribution is 7.88. The molecule has 1 rings (SSSR count). The predicted molar refractivity (Wildman–Crippen MR) is 71.6 cm³/mol. The van der Waals surface area contributed by atoms with Crippen LogP contribution in [0.15, 0.2) is 0 Å². The first-order valence-corrected chi connectivity index (χ1v) is 8.18. The molecule has 0 spiro atoms. The Morgan fingerprint density at radius 3 is 2.32 bits per heavy atom. The second kappa shape index (κ2) is 5.47. The molecule has 2 N–H and O–H groups in total. The van der Waals surface area contributed by atoms with Gasteiger partial charge >= 0.3 is 0 Å². The van der Waals surface area contributed by atoms with Gasteiger partial charge in [-0.15, -0.1) is 0 Å². The van der Waals surface area contributed by atoms with Gasteiger partial charge in [-0.1, -0.05) is 12.8 Å². The van der Waals surface area contributed by atoms with Gasteiger partial charge in [-0.3, -0.25) is 4.79 Å². The fourth-order valence-electron chi connectivity index (χ4n) is 2.38. The maximum absolute atomic E-state index is 12.1. The SMILES string of the molecule is CC(C)(CNC(=O)C1(C#N)CCCC1)NS(C)(=O)=O. The summed E-state index contributed by atoms with van der Waals surface area (Å²) in [7, 11) is -3.34. The van der Waals surface area contributed by atoms with Crippen LogP contribution in [0, 0.1) is 16.7 Å². The lowest BCUT2D eigenvalue weighted by molar-refractivity contribution is -0.128. The van der Waals surface area contributed by atoms with E-state index >= 15 is 0 Å². The molecule has 1 aliphatic rings. The normalized spacial score (nSPS) is 18.8. The van der Waals surface area contributed by atoms with Gasteiger partial charge in [0.25, 0.3) is 0 Å². The van der Waals surface area contributed by atoms with Crippen LogP contribution in [0.5, 0.6) is 0 Å². The molecule has 0 aromatic heterocycles. The van der Waals surface area contributed by atoms with Gasteiger partial charge in [0, 0.05) is 12.1 Å². The molecule has 0 aromatic rings. The first-order chi connectivity index (χ1) is 8.60. The Morgan fingerprint density at radius 2 is 1.89 bits per heavy atom. The van der Waals surface area contributed by atoms with Crippen molar-refractivity contribution in [1.82, 2.24) is 10.0 Å². The number of hydrogen-bond acceptors (Lipinski definition) is 4. The summed E-state index contributed by atoms with van der Waals surface area (Å²) in [6.45, 7) is 3.52. The van der Waals surface area contributed by atoms with Crippen LogP contribution in [0.2, 0.25) is 0 Å². The molecule has 108 valence electrons. The number of carbonyl (C=O) groups is 1. The highest BCUT2D eigenvalue weighted by Crippen LogP contribution is 2.37. The number of amides is 1. The second-order valence-electron chi connectivity index (χ2n) is 5.84. The van der Waals surface area contributed by atoms with Gasteiger partial charge in [0.1, 0.15) is 5.41 Å². The standard InChI is InChI=1S/C12H21N3O3S/c1-11(2,15-19(3,17)18)9-14-10(16)12(8-13)6-4-5-7-12/h15H,4-7,9H2,1-3H3,(H,14,16). The average molecular weight is 287 g/mol. The van der Waals surface area contributed by atoms with E-state index in [-0.39, 0.29) is 12.5 Å². The van der Waals surface area contributed by atoms with E-state index in [4.69, 9.17) is 0 Å². The van der Waals surface area contributed by atoms with Crippen LogP contribution in [0.25, 0.3) is 0 Å². The van der Waals surface area contributed by atoms with Crippen molar-refractivity contribution in [2.75, 3.05) is 12.8 Å². The zero-order valence-corrected chi connectivity index (χ0v) is 12.4. The lowest BCUT2D eigenvalue weighted by atomic mass is 9.87. The molecule has 1 fully saturated rings. The molecular weight excluding hydrogens is 266 g/mol. The lowest BCUT2D eigenvalue weighted by Crippen LogP contribution is -2.53. The number of rotatable bonds is 5. The van der Waals surface area contributed by atoms with Crippen LogP contribution >= 0.6 is 0 Å². The molecule has 19 heavy (non-hydrogen) atoms. The van der Waals surface area contributed by atoms with Gasteiger partial charge in [0.2, 0.25) is 15.9 Å². The molecule has 1 amide bonds. The van der Waals surface area contributed by atoms with E-state index in [1.165, 1.54) is 0 Å². The molecule has 1 aliphatic carbocycles. The van der Waals surface area contributed by atoms with Crippen molar-refractivity contribution in [3.63, 3.8) is 0 Å². The number of carbonyl (C=O) groups excluding carboxylic acids is 1. The van der Waals surface area contributed by atoms with Crippen LogP contribution < -0.4 is 10.0 Å². The molecule has 6 nitrogen and oxygen atoms in total. The molecule has 0 aliphatic heterocycles. The maximum atomic E-state index is 12.1. The Balaban J connectivity index is 2.62. The number of sulfonamides is 1. The summed E-state index contributed by atoms with van der Waals surface area (Å²) in [5.74, 6) is -0.295. The van der Waals surface area contributed by atoms with E-state index in [1.807, 2.05) is 0 Å². The van der Waals surface area contributed by atoms with E-state index < -0.39 is 21.0 Å². The van der Waals surface area contributed by atoms with Crippen LogP contribution in [0.4, 0.5) is 0 Å². The highest BCUT2D eigenvalue weighted by atomic mass is 32.2. The van der Waals surface area contributed by atoms with E-state index in [2.05, 4.69) is 16.1 Å². The minimum absolute atomic E-state index is 0.155. The second-order valence-corrected chi connectivity index (χ2v) is 7.59. The smallest absolute Gasteiger partial charge is 0.240 e. The summed E-state index contributed by atoms with van der Waals surface area (Å²) in [5.41, 5.74) is -1.71. The Labute approximate surface area is 114 Å². The molecule has 0 aromatic carbocycles. The Morgan fingerprint density at radius 1 is 1.37 bits per heavy atom. The van der Waals surface area contributed by atoms with Crippen molar-refractivity contribution in [2.45, 2.75) is 45.1 Å². The summed E-state index contributed by atoms with van der Waals surface area (Å²) in [4.78, 5) is 12.1. The minimum Gasteiger partial charge on any atom is -0.353 e. The van der Waals surface area contributed by atoms with Crippen molar-refractivity contribution >= 4 is 15.9 Å². The van der Waals surface area contributed by atoms with Crippen molar-refractivity contribution in [1.29, 1.82) is 5.26 Å². The summed E-state index contributed by atoms with van der Waals surface area (Å²) in [6.07, 6.45) is 3.99. The van der Waals surface area contributed by atoms with E-state index in [1.54, 1.807) is 13.8 Å². The van der Waals surface area contributed by atoms with Gasteiger partial charge in [0.15, 0.2) is 0 Å². The summed E-state index contributed by atoms with van der Waals surface area (Å²) >= 11 is 0. The van der Waals surface area contributed by atoms with Crippen molar-refractivity contribution in [3.8, 4) is 6.07 Å². The van der Waals surface area contributed by atoms with Gasteiger partial charge in [-0.25, -0.2) is 13.1 Å². The van der Waals surface area contributed by atoms with E-state index in [0.717, 1.165) is 19.1 Å². The van der Waals surface area contributed by atoms with E-state index in [9.17, 15) is 18.5 Å². The third-order valence-electron chi connectivity index (χ3n) is 3.26. The largest absolute Gasteiger partial charge is 0.353 e. The molecular formula is C12H21N3O3S. The Bertz CT molecular complexity index is 485. The van der Waals surface area contributed by atoms with E-state index in [0.29, 0.717) is 12.8 Å². The number of hydrogen-bond donors (Lipinski definition) is 2. The molecule has 0 bridgehead atoms. The quantitative estimate of drug-likeness (QED) is 0.769. The number of nitrogens with one attached hydrogen (secondary N) is 2. The van der Waals surface area contributed by atoms with Gasteiger partial charge in [0.05, 0.1) is 12.3 Å². The summed E-state index contributed by atoms with van der Waals surface area (Å²) in [6, 6.07) is 2.11. The maximum Gasteiger partial charge on any atom is 0.240 e. The summed E-state index contributed by atoms with van der Waals surface area (Å²) < 4.78 is 24.8. The Kier molecular flexibility index (Phi) is 4.59. The minimum atomic E-state index is -3.34. The van der Waals surface area contributed by atoms with Gasteiger partial charge in [-0.05, 0) is 26.7 Å². The molecule has 0 atom stereocenters. The molecule has 1 saturated carbocycles. The van der Waals surface area contributed by atoms with Gasteiger partial charge in [-0.2, -0.15) is 5.26 Å². The van der Waals surface area contributed by atoms with Crippen LogP contribution in [-0.4, -0.2) is 32.7 Å². The molecule has 0 saturated heterocycles.